The maximum Gasteiger partial charge on any atom is 0.339 e. The number of carbonyl (C=O) groups excluding carboxylic acids is 1. The van der Waals surface area contributed by atoms with Crippen LogP contribution >= 0.6 is 11.8 Å². The van der Waals surface area contributed by atoms with Gasteiger partial charge in [-0.05, 0) is 36.4 Å². The van der Waals surface area contributed by atoms with Gasteiger partial charge in [-0.15, -0.1) is 0 Å². The van der Waals surface area contributed by atoms with Crippen molar-refractivity contribution in [3.8, 4) is 5.75 Å². The average molecular weight is 572 g/mol. The van der Waals surface area contributed by atoms with Gasteiger partial charge in [0.15, 0.2) is 11.5 Å². The number of para-hydroxylation sites is 1. The number of hydrogen-bond donors (Lipinski definition) is 1. The molecule has 1 aromatic heterocycles. The molecule has 0 saturated carbocycles. The Bertz CT molecular complexity index is 1550. The van der Waals surface area contributed by atoms with E-state index in [1.807, 2.05) is 0 Å². The van der Waals surface area contributed by atoms with E-state index in [9.17, 15) is 32.3 Å². The number of carboxylic acid groups (broad SMARTS) is 1. The van der Waals surface area contributed by atoms with Crippen LogP contribution in [0.5, 0.6) is 5.75 Å². The van der Waals surface area contributed by atoms with Crippen LogP contribution in [0.3, 0.4) is 0 Å². The molecule has 0 spiro atoms. The molecule has 1 heterocycles. The molecule has 11 heteroatoms. The zero-order chi connectivity index (χ0) is 28.8. The lowest BCUT2D eigenvalue weighted by Gasteiger charge is -2.21. The predicted molar refractivity (Wildman–Crippen MR) is 141 cm³/mol. The maximum absolute atomic E-state index is 14.5. The summed E-state index contributed by atoms with van der Waals surface area (Å²) < 4.78 is 67.0. The van der Waals surface area contributed by atoms with Gasteiger partial charge in [0.1, 0.15) is 41.2 Å². The van der Waals surface area contributed by atoms with E-state index >= 15 is 0 Å². The standard InChI is InChI=1S/C29H21F4NO5S/c1-34-28(16-6-8-17(30)9-7-16)40-26(14-23(35)27-21(32)12-18(31)13-22(27)33)19-4-2-3-5-24(19)39-15-25-20(29(36)37)10-11-38-25/h2-13,26H,14-15H2,1H3,(H,36,37). The van der Waals surface area contributed by atoms with Crippen molar-refractivity contribution in [2.45, 2.75) is 18.3 Å². The van der Waals surface area contributed by atoms with Crippen LogP contribution in [0.2, 0.25) is 0 Å². The number of ketones is 1. The molecular formula is C29H21F4NO5S. The number of Topliss-reactive ketones (excluding diaryl/α,β-unsaturated/α-hetero) is 1. The summed E-state index contributed by atoms with van der Waals surface area (Å²) in [5, 5.41) is 8.89. The van der Waals surface area contributed by atoms with Gasteiger partial charge in [0.25, 0.3) is 0 Å². The lowest BCUT2D eigenvalue weighted by Crippen LogP contribution is -2.13. The summed E-state index contributed by atoms with van der Waals surface area (Å²) in [6, 6.07) is 14.1. The van der Waals surface area contributed by atoms with E-state index in [2.05, 4.69) is 4.99 Å². The molecule has 1 unspecified atom stereocenters. The van der Waals surface area contributed by atoms with E-state index in [0.717, 1.165) is 11.8 Å². The molecule has 0 bridgehead atoms. The lowest BCUT2D eigenvalue weighted by atomic mass is 10.0. The number of carbonyl (C=O) groups is 2. The molecule has 0 aliphatic rings. The van der Waals surface area contributed by atoms with Crippen LogP contribution in [0.1, 0.15) is 49.3 Å². The van der Waals surface area contributed by atoms with Crippen LogP contribution in [0.4, 0.5) is 17.6 Å². The average Bonchev–Trinajstić information content (AvgIpc) is 3.39. The zero-order valence-electron chi connectivity index (χ0n) is 20.9. The van der Waals surface area contributed by atoms with Crippen molar-refractivity contribution in [1.29, 1.82) is 0 Å². The lowest BCUT2D eigenvalue weighted by molar-refractivity contribution is 0.0691. The number of thioether (sulfide) groups is 1. The molecule has 4 aromatic rings. The summed E-state index contributed by atoms with van der Waals surface area (Å²) in [6.07, 6.45) is 0.760. The largest absolute Gasteiger partial charge is 0.485 e. The number of benzene rings is 3. The number of aromatic carboxylic acids is 1. The maximum atomic E-state index is 14.5. The molecule has 0 amide bonds. The smallest absolute Gasteiger partial charge is 0.339 e. The van der Waals surface area contributed by atoms with E-state index in [-0.39, 0.29) is 23.7 Å². The van der Waals surface area contributed by atoms with Gasteiger partial charge in [-0.3, -0.25) is 9.79 Å². The van der Waals surface area contributed by atoms with Crippen molar-refractivity contribution in [3.63, 3.8) is 0 Å². The number of rotatable bonds is 10. The monoisotopic (exact) mass is 571 g/mol. The van der Waals surface area contributed by atoms with Gasteiger partial charge in [0, 0.05) is 42.0 Å². The van der Waals surface area contributed by atoms with Crippen LogP contribution in [-0.2, 0) is 6.61 Å². The first-order valence-corrected chi connectivity index (χ1v) is 12.6. The number of aliphatic imine (C=N–C) groups is 1. The zero-order valence-corrected chi connectivity index (χ0v) is 21.7. The molecular weight excluding hydrogens is 550 g/mol. The molecule has 4 rings (SSSR count). The van der Waals surface area contributed by atoms with Gasteiger partial charge in [0.2, 0.25) is 0 Å². The summed E-state index contributed by atoms with van der Waals surface area (Å²) in [6.45, 7) is -0.259. The first kappa shape index (κ1) is 28.6. The highest BCUT2D eigenvalue weighted by molar-refractivity contribution is 8.14. The van der Waals surface area contributed by atoms with Gasteiger partial charge >= 0.3 is 5.97 Å². The molecule has 0 saturated heterocycles. The van der Waals surface area contributed by atoms with Crippen LogP contribution in [0, 0.1) is 23.3 Å². The van der Waals surface area contributed by atoms with Crippen LogP contribution < -0.4 is 4.74 Å². The second-order valence-corrected chi connectivity index (χ2v) is 9.59. The molecule has 0 radical (unpaired) electrons. The summed E-state index contributed by atoms with van der Waals surface area (Å²) >= 11 is 1.08. The Balaban J connectivity index is 1.70. The Morgan fingerprint density at radius 2 is 1.65 bits per heavy atom. The van der Waals surface area contributed by atoms with Gasteiger partial charge in [0.05, 0.1) is 16.9 Å². The third kappa shape index (κ3) is 6.60. The molecule has 0 aliphatic heterocycles. The Morgan fingerprint density at radius 3 is 2.30 bits per heavy atom. The Morgan fingerprint density at radius 1 is 0.975 bits per heavy atom. The molecule has 3 aromatic carbocycles. The van der Waals surface area contributed by atoms with E-state index in [1.54, 1.807) is 24.3 Å². The Hall–Kier alpha value is -4.38. The van der Waals surface area contributed by atoms with E-state index in [4.69, 9.17) is 9.15 Å². The number of nitrogens with zero attached hydrogens (tertiary/aromatic N) is 1. The van der Waals surface area contributed by atoms with Crippen molar-refractivity contribution >= 4 is 28.6 Å². The Kier molecular flexibility index (Phi) is 9.05. The van der Waals surface area contributed by atoms with Crippen molar-refractivity contribution in [1.82, 2.24) is 0 Å². The second kappa shape index (κ2) is 12.6. The van der Waals surface area contributed by atoms with Crippen molar-refractivity contribution in [2.24, 2.45) is 4.99 Å². The third-order valence-electron chi connectivity index (χ3n) is 5.81. The van der Waals surface area contributed by atoms with Crippen LogP contribution in [0.15, 0.2) is 82.4 Å². The normalized spacial score (nSPS) is 12.3. The van der Waals surface area contributed by atoms with E-state index in [1.165, 1.54) is 43.6 Å². The first-order chi connectivity index (χ1) is 19.2. The summed E-state index contributed by atoms with van der Waals surface area (Å²) in [5.74, 6) is -6.13. The van der Waals surface area contributed by atoms with Crippen LogP contribution in [-0.4, -0.2) is 29.0 Å². The molecule has 0 aliphatic carbocycles. The molecule has 1 N–H and O–H groups in total. The SMILES string of the molecule is CN=C(SC(CC(=O)c1c(F)cc(F)cc1F)c1ccccc1OCc1occc1C(=O)O)c1ccc(F)cc1. The van der Waals surface area contributed by atoms with E-state index in [0.29, 0.717) is 28.3 Å². The van der Waals surface area contributed by atoms with Gasteiger partial charge in [-0.2, -0.15) is 0 Å². The quantitative estimate of drug-likeness (QED) is 0.0935. The van der Waals surface area contributed by atoms with Crippen molar-refractivity contribution in [2.75, 3.05) is 7.05 Å². The van der Waals surface area contributed by atoms with Gasteiger partial charge < -0.3 is 14.3 Å². The summed E-state index contributed by atoms with van der Waals surface area (Å²) in [5.41, 5.74) is -0.0116. The molecule has 6 nitrogen and oxygen atoms in total. The fourth-order valence-corrected chi connectivity index (χ4v) is 5.14. The number of carboxylic acids is 1. The highest BCUT2D eigenvalue weighted by Gasteiger charge is 2.27. The highest BCUT2D eigenvalue weighted by atomic mass is 32.2. The molecule has 1 atom stereocenters. The minimum atomic E-state index is -1.34. The number of hydrogen-bond acceptors (Lipinski definition) is 6. The fourth-order valence-electron chi connectivity index (χ4n) is 3.94. The predicted octanol–water partition coefficient (Wildman–Crippen LogP) is 7.24. The Labute approximate surface area is 230 Å². The number of ether oxygens (including phenoxy) is 1. The van der Waals surface area contributed by atoms with Gasteiger partial charge in [-0.1, -0.05) is 30.0 Å². The summed E-state index contributed by atoms with van der Waals surface area (Å²) in [7, 11) is 1.50. The van der Waals surface area contributed by atoms with Crippen LogP contribution in [0.25, 0.3) is 0 Å². The first-order valence-electron chi connectivity index (χ1n) is 11.8. The summed E-state index contributed by atoms with van der Waals surface area (Å²) in [4.78, 5) is 28.9. The molecule has 0 fully saturated rings. The third-order valence-corrected chi connectivity index (χ3v) is 7.15. The van der Waals surface area contributed by atoms with Crippen molar-refractivity contribution in [3.05, 3.63) is 124 Å². The second-order valence-electron chi connectivity index (χ2n) is 8.40. The number of furan rings is 1. The minimum absolute atomic E-state index is 0.0557. The number of halogens is 4. The topological polar surface area (TPSA) is 89.1 Å². The minimum Gasteiger partial charge on any atom is -0.485 e. The van der Waals surface area contributed by atoms with E-state index < -0.39 is 52.3 Å². The molecule has 40 heavy (non-hydrogen) atoms. The van der Waals surface area contributed by atoms with Crippen molar-refractivity contribution < 1.29 is 41.4 Å². The van der Waals surface area contributed by atoms with Gasteiger partial charge in [-0.25, -0.2) is 22.4 Å². The highest BCUT2D eigenvalue weighted by Crippen LogP contribution is 2.41. The fraction of sp³-hybridized carbons (Fsp3) is 0.138. The molecule has 206 valence electrons.